The third kappa shape index (κ3) is 4.09. The predicted molar refractivity (Wildman–Crippen MR) is 87.8 cm³/mol. The van der Waals surface area contributed by atoms with Gasteiger partial charge >= 0.3 is 0 Å². The second-order valence-electron chi connectivity index (χ2n) is 4.23. The van der Waals surface area contributed by atoms with Gasteiger partial charge in [-0.1, -0.05) is 34.1 Å². The molecule has 1 heterocycles. The summed E-state index contributed by atoms with van der Waals surface area (Å²) in [4.78, 5) is 1.39. The second-order valence-corrected chi connectivity index (χ2v) is 7.94. The molecule has 0 N–H and O–H groups in total. The Kier molecular flexibility index (Phi) is 5.74. The van der Waals surface area contributed by atoms with Gasteiger partial charge in [-0.25, -0.2) is 0 Å². The molecule has 0 saturated carbocycles. The van der Waals surface area contributed by atoms with Gasteiger partial charge < -0.3 is 0 Å². The van der Waals surface area contributed by atoms with Crippen molar-refractivity contribution in [3.63, 3.8) is 0 Å². The smallest absolute Gasteiger partial charge is 0.0701 e. The highest BCUT2D eigenvalue weighted by Gasteiger charge is 2.12. The third-order valence-electron chi connectivity index (χ3n) is 2.80. The van der Waals surface area contributed by atoms with E-state index in [1.807, 2.05) is 6.07 Å². The van der Waals surface area contributed by atoms with Gasteiger partial charge in [0, 0.05) is 15.2 Å². The van der Waals surface area contributed by atoms with E-state index in [-0.39, 0.29) is 0 Å². The fourth-order valence-corrected chi connectivity index (χ4v) is 4.16. The van der Waals surface area contributed by atoms with Crippen LogP contribution in [0, 0.1) is 5.92 Å². The van der Waals surface area contributed by atoms with Crippen molar-refractivity contribution in [1.82, 2.24) is 0 Å². The number of hydrogen-bond donors (Lipinski definition) is 0. The minimum absolute atomic E-state index is 0.482. The van der Waals surface area contributed by atoms with Crippen LogP contribution in [0.4, 0.5) is 0 Å². The number of halogens is 3. The Morgan fingerprint density at radius 1 is 1.06 bits per heavy atom. The Hall–Kier alpha value is 0.170. The minimum Gasteiger partial charge on any atom is -0.133 e. The summed E-state index contributed by atoms with van der Waals surface area (Å²) < 4.78 is 2.36. The van der Waals surface area contributed by atoms with Gasteiger partial charge in [0.15, 0.2) is 0 Å². The van der Waals surface area contributed by atoms with Crippen LogP contribution in [-0.4, -0.2) is 5.88 Å². The highest BCUT2D eigenvalue weighted by atomic mass is 79.9. The average molecular weight is 409 g/mol. The molecule has 1 unspecified atom stereocenters. The highest BCUT2D eigenvalue weighted by Crippen LogP contribution is 2.27. The van der Waals surface area contributed by atoms with Crippen molar-refractivity contribution in [1.29, 1.82) is 0 Å². The molecular weight excluding hydrogens is 395 g/mol. The quantitative estimate of drug-likeness (QED) is 0.539. The molecule has 0 aliphatic carbocycles. The predicted octanol–water partition coefficient (Wildman–Crippen LogP) is 5.91. The third-order valence-corrected chi connectivity index (χ3v) is 5.66. The molecule has 0 bridgehead atoms. The van der Waals surface area contributed by atoms with Crippen molar-refractivity contribution >= 4 is 54.8 Å². The number of thiophene rings is 1. The van der Waals surface area contributed by atoms with Crippen LogP contribution in [0.3, 0.4) is 0 Å². The van der Waals surface area contributed by atoms with E-state index in [4.69, 9.17) is 11.6 Å². The molecule has 4 heteroatoms. The lowest BCUT2D eigenvalue weighted by Gasteiger charge is -2.14. The standard InChI is InChI=1S/C14H13Br2ClS/c15-13-4-2-1-3-11(13)7-10(9-17)8-12-5-6-14(16)18-12/h1-6,10H,7-9H2. The molecule has 1 aromatic carbocycles. The van der Waals surface area contributed by atoms with E-state index in [9.17, 15) is 0 Å². The maximum absolute atomic E-state index is 6.10. The van der Waals surface area contributed by atoms with E-state index in [0.717, 1.165) is 12.8 Å². The van der Waals surface area contributed by atoms with Crippen LogP contribution in [0.1, 0.15) is 10.4 Å². The summed E-state index contributed by atoms with van der Waals surface area (Å²) in [6.45, 7) is 0. The molecule has 0 aliphatic rings. The van der Waals surface area contributed by atoms with E-state index in [2.05, 4.69) is 62.2 Å². The first-order valence-electron chi connectivity index (χ1n) is 5.72. The molecule has 2 aromatic rings. The fraction of sp³-hybridized carbons (Fsp3) is 0.286. The number of hydrogen-bond acceptors (Lipinski definition) is 1. The Bertz CT molecular complexity index is 510. The van der Waals surface area contributed by atoms with Crippen LogP contribution >= 0.6 is 54.8 Å². The lowest BCUT2D eigenvalue weighted by molar-refractivity contribution is 0.588. The molecule has 0 aliphatic heterocycles. The zero-order valence-electron chi connectivity index (χ0n) is 9.70. The SMILES string of the molecule is ClCC(Cc1ccc(Br)s1)Cc1ccccc1Br. The van der Waals surface area contributed by atoms with Crippen molar-refractivity contribution in [3.8, 4) is 0 Å². The van der Waals surface area contributed by atoms with Gasteiger partial charge in [-0.15, -0.1) is 22.9 Å². The van der Waals surface area contributed by atoms with Gasteiger partial charge in [0.1, 0.15) is 0 Å². The maximum Gasteiger partial charge on any atom is 0.0701 e. The van der Waals surface area contributed by atoms with Crippen LogP contribution in [0.25, 0.3) is 0 Å². The van der Waals surface area contributed by atoms with Crippen LogP contribution in [0.5, 0.6) is 0 Å². The van der Waals surface area contributed by atoms with E-state index in [0.29, 0.717) is 11.8 Å². The van der Waals surface area contributed by atoms with Gasteiger partial charge in [-0.3, -0.25) is 0 Å². The summed E-state index contributed by atoms with van der Waals surface area (Å²) in [5.41, 5.74) is 1.33. The first kappa shape index (κ1) is 14.6. The molecule has 0 fully saturated rings. The average Bonchev–Trinajstić information content (AvgIpc) is 2.76. The summed E-state index contributed by atoms with van der Waals surface area (Å²) in [7, 11) is 0. The molecule has 0 spiro atoms. The first-order valence-corrected chi connectivity index (χ1v) is 8.66. The van der Waals surface area contributed by atoms with Crippen molar-refractivity contribution in [2.75, 3.05) is 5.88 Å². The van der Waals surface area contributed by atoms with E-state index >= 15 is 0 Å². The number of rotatable bonds is 5. The monoisotopic (exact) mass is 406 g/mol. The molecule has 2 rings (SSSR count). The molecule has 0 amide bonds. The molecule has 96 valence electrons. The van der Waals surface area contributed by atoms with Gasteiger partial charge in [0.05, 0.1) is 3.79 Å². The molecular formula is C14H13Br2ClS. The second kappa shape index (κ2) is 7.09. The lowest BCUT2D eigenvalue weighted by Crippen LogP contribution is -2.09. The Labute approximate surface area is 134 Å². The van der Waals surface area contributed by atoms with Gasteiger partial charge in [0.25, 0.3) is 0 Å². The van der Waals surface area contributed by atoms with Crippen molar-refractivity contribution < 1.29 is 0 Å². The normalized spacial score (nSPS) is 12.6. The van der Waals surface area contributed by atoms with Crippen LogP contribution in [0.2, 0.25) is 0 Å². The topological polar surface area (TPSA) is 0 Å². The molecule has 1 atom stereocenters. The zero-order chi connectivity index (χ0) is 13.0. The maximum atomic E-state index is 6.10. The number of benzene rings is 1. The molecule has 18 heavy (non-hydrogen) atoms. The van der Waals surface area contributed by atoms with Gasteiger partial charge in [0.2, 0.25) is 0 Å². The minimum atomic E-state index is 0.482. The van der Waals surface area contributed by atoms with Gasteiger partial charge in [-0.05, 0) is 58.5 Å². The largest absolute Gasteiger partial charge is 0.133 e. The molecule has 0 radical (unpaired) electrons. The summed E-state index contributed by atoms with van der Waals surface area (Å²) in [6.07, 6.45) is 2.06. The van der Waals surface area contributed by atoms with Crippen LogP contribution in [0.15, 0.2) is 44.7 Å². The van der Waals surface area contributed by atoms with Crippen molar-refractivity contribution in [3.05, 3.63) is 55.1 Å². The highest BCUT2D eigenvalue weighted by molar-refractivity contribution is 9.11. The van der Waals surface area contributed by atoms with E-state index < -0.39 is 0 Å². The molecule has 0 nitrogen and oxygen atoms in total. The van der Waals surface area contributed by atoms with E-state index in [1.54, 1.807) is 11.3 Å². The van der Waals surface area contributed by atoms with Crippen molar-refractivity contribution in [2.24, 2.45) is 5.92 Å². The molecule has 1 aromatic heterocycles. The Balaban J connectivity index is 2.04. The zero-order valence-corrected chi connectivity index (χ0v) is 14.4. The van der Waals surface area contributed by atoms with Crippen molar-refractivity contribution in [2.45, 2.75) is 12.8 Å². The molecule has 0 saturated heterocycles. The lowest BCUT2D eigenvalue weighted by atomic mass is 9.97. The number of alkyl halides is 1. The summed E-state index contributed by atoms with van der Waals surface area (Å²) in [5, 5.41) is 0. The fourth-order valence-electron chi connectivity index (χ4n) is 1.90. The van der Waals surface area contributed by atoms with Crippen LogP contribution < -0.4 is 0 Å². The summed E-state index contributed by atoms with van der Waals surface area (Å²) in [5.74, 6) is 1.17. The first-order chi connectivity index (χ1) is 8.69. The van der Waals surface area contributed by atoms with Gasteiger partial charge in [-0.2, -0.15) is 0 Å². The van der Waals surface area contributed by atoms with E-state index in [1.165, 1.54) is 18.7 Å². The van der Waals surface area contributed by atoms with Crippen LogP contribution in [-0.2, 0) is 12.8 Å². The Morgan fingerprint density at radius 3 is 2.44 bits per heavy atom. The summed E-state index contributed by atoms with van der Waals surface area (Å²) >= 11 is 15.0. The Morgan fingerprint density at radius 2 is 1.83 bits per heavy atom. The summed E-state index contributed by atoms with van der Waals surface area (Å²) in [6, 6.07) is 12.6.